The first-order chi connectivity index (χ1) is 30.6. The number of hydrogen-bond donors (Lipinski definition) is 6. The molecule has 16 nitrogen and oxygen atoms in total. The molecule has 0 aromatic carbocycles. The van der Waals surface area contributed by atoms with Crippen molar-refractivity contribution in [1.29, 1.82) is 0 Å². The zero-order valence-electron chi connectivity index (χ0n) is 38.1. The molecule has 1 unspecified atom stereocenters. The zero-order valence-corrected chi connectivity index (χ0v) is 39.9. The maximum absolute atomic E-state index is 12.8. The van der Waals surface area contributed by atoms with Gasteiger partial charge in [-0.3, -0.25) is 28.0 Å². The first-order valence-electron chi connectivity index (χ1n) is 23.1. The molecule has 6 N–H and O–H groups in total. The fourth-order valence-corrected chi connectivity index (χ4v) is 7.87. The standard InChI is InChI=1S/C46H78O16P2/c1-3-5-7-8-9-10-11-12-13-14-15-16-17-18-19-20-25-29-45(51)58-36-40(37-61-64(56,57)60-35-39(48)34-59-63(53,54)55)62-46(52)30-26-22-21-24-28-41-42(44(50)33-43(41)49)32-31-38(47)27-23-6-4-2/h9-10,12-13,15-16,18-19,31-32,38-43,47-49H,3-8,11,14,17,20-30,33-37H2,1-2H3,(H,56,57)(H2,53,54,55)/b10-9-,13-12-,16-15-,19-18-,32-31+/t38-,39-,40+,41+,42+,43-/m0/s1. The molecule has 0 saturated heterocycles. The van der Waals surface area contributed by atoms with Gasteiger partial charge in [-0.25, -0.2) is 9.13 Å². The number of esters is 2. The summed E-state index contributed by atoms with van der Waals surface area (Å²) in [5.41, 5.74) is 0. The Morgan fingerprint density at radius 1 is 0.688 bits per heavy atom. The number of aliphatic hydroxyl groups excluding tert-OH is 3. The number of carbonyl (C=O) groups is 3. The molecule has 1 fully saturated rings. The molecule has 1 aliphatic rings. The molecule has 1 rings (SSSR count). The second-order valence-corrected chi connectivity index (χ2v) is 18.8. The van der Waals surface area contributed by atoms with Crippen molar-refractivity contribution < 1.29 is 76.6 Å². The fraction of sp³-hybridized carbons (Fsp3) is 0.717. The van der Waals surface area contributed by atoms with E-state index in [1.807, 2.05) is 12.2 Å². The highest BCUT2D eigenvalue weighted by Crippen LogP contribution is 2.44. The van der Waals surface area contributed by atoms with Gasteiger partial charge in [-0.1, -0.05) is 126 Å². The van der Waals surface area contributed by atoms with Gasteiger partial charge in [0, 0.05) is 25.2 Å². The van der Waals surface area contributed by atoms with E-state index in [4.69, 9.17) is 23.8 Å². The minimum absolute atomic E-state index is 0.0234. The summed E-state index contributed by atoms with van der Waals surface area (Å²) in [7, 11) is -9.80. The van der Waals surface area contributed by atoms with E-state index >= 15 is 0 Å². The van der Waals surface area contributed by atoms with Crippen LogP contribution in [0.15, 0.2) is 60.8 Å². The average molecular weight is 949 g/mol. The van der Waals surface area contributed by atoms with Gasteiger partial charge in [0.15, 0.2) is 6.10 Å². The number of allylic oxidation sites excluding steroid dienone is 9. The van der Waals surface area contributed by atoms with Crippen LogP contribution < -0.4 is 0 Å². The highest BCUT2D eigenvalue weighted by molar-refractivity contribution is 7.47. The Kier molecular flexibility index (Phi) is 33.9. The van der Waals surface area contributed by atoms with Gasteiger partial charge in [-0.2, -0.15) is 0 Å². The summed E-state index contributed by atoms with van der Waals surface area (Å²) < 4.78 is 47.8. The summed E-state index contributed by atoms with van der Waals surface area (Å²) >= 11 is 0. The quantitative estimate of drug-likeness (QED) is 0.0146. The minimum atomic E-state index is -4.91. The van der Waals surface area contributed by atoms with Crippen molar-refractivity contribution in [3.8, 4) is 0 Å². The molecule has 0 radical (unpaired) electrons. The van der Waals surface area contributed by atoms with Gasteiger partial charge in [0.1, 0.15) is 18.5 Å². The molecule has 7 atom stereocenters. The summed E-state index contributed by atoms with van der Waals surface area (Å²) in [6, 6.07) is 0. The van der Waals surface area contributed by atoms with Gasteiger partial charge in [-0.05, 0) is 70.1 Å². The summed E-state index contributed by atoms with van der Waals surface area (Å²) in [6.07, 6.45) is 31.2. The lowest BCUT2D eigenvalue weighted by atomic mass is 9.88. The van der Waals surface area contributed by atoms with E-state index in [9.17, 15) is 43.7 Å². The molecule has 368 valence electrons. The van der Waals surface area contributed by atoms with E-state index in [2.05, 4.69) is 59.4 Å². The Morgan fingerprint density at radius 2 is 1.25 bits per heavy atom. The number of ether oxygens (including phenoxy) is 2. The molecule has 1 aliphatic carbocycles. The predicted molar refractivity (Wildman–Crippen MR) is 245 cm³/mol. The lowest BCUT2D eigenvalue weighted by Gasteiger charge is -2.20. The number of carbonyl (C=O) groups excluding carboxylic acids is 3. The van der Waals surface area contributed by atoms with Crippen LogP contribution in [0.5, 0.6) is 0 Å². The Balaban J connectivity index is 2.57. The van der Waals surface area contributed by atoms with Crippen molar-refractivity contribution in [3.63, 3.8) is 0 Å². The van der Waals surface area contributed by atoms with Gasteiger partial charge in [-0.15, -0.1) is 0 Å². The van der Waals surface area contributed by atoms with Crippen LogP contribution in [-0.4, -0.2) is 98.6 Å². The molecule has 64 heavy (non-hydrogen) atoms. The Morgan fingerprint density at radius 3 is 1.89 bits per heavy atom. The number of hydrogen-bond acceptors (Lipinski definition) is 13. The zero-order chi connectivity index (χ0) is 47.5. The first-order valence-corrected chi connectivity index (χ1v) is 26.1. The third-order valence-corrected chi connectivity index (χ3v) is 11.7. The smallest absolute Gasteiger partial charge is 0.462 e. The molecular weight excluding hydrogens is 870 g/mol. The predicted octanol–water partition coefficient (Wildman–Crippen LogP) is 8.60. The molecule has 0 amide bonds. The highest BCUT2D eigenvalue weighted by Gasteiger charge is 2.39. The third-order valence-electron chi connectivity index (χ3n) is 10.3. The second kappa shape index (κ2) is 36.5. The van der Waals surface area contributed by atoms with Crippen molar-refractivity contribution in [3.05, 3.63) is 60.8 Å². The van der Waals surface area contributed by atoms with Crippen molar-refractivity contribution >= 4 is 33.4 Å². The van der Waals surface area contributed by atoms with Crippen LogP contribution in [0.3, 0.4) is 0 Å². The van der Waals surface area contributed by atoms with Gasteiger partial charge < -0.3 is 39.5 Å². The van der Waals surface area contributed by atoms with Gasteiger partial charge in [0.05, 0.1) is 32.0 Å². The highest BCUT2D eigenvalue weighted by atomic mass is 31.2. The SMILES string of the molecule is CCCCC/C=C\C/C=C\C/C=C\C/C=C\CCCC(=O)OC[C@H](COP(=O)(O)OC[C@@H](O)COP(=O)(O)O)OC(=O)CCCCCC[C@H]1[C@@H](O)CC(=O)[C@@H]1/C=C/[C@@H](O)CCCCC. The van der Waals surface area contributed by atoms with Gasteiger partial charge >= 0.3 is 27.6 Å². The minimum Gasteiger partial charge on any atom is -0.462 e. The van der Waals surface area contributed by atoms with Crippen LogP contribution in [0.25, 0.3) is 0 Å². The number of unbranched alkanes of at least 4 members (excludes halogenated alkanes) is 9. The largest absolute Gasteiger partial charge is 0.472 e. The number of phosphoric acid groups is 2. The van der Waals surface area contributed by atoms with E-state index < -0.39 is 84.3 Å². The van der Waals surface area contributed by atoms with Gasteiger partial charge in [0.25, 0.3) is 0 Å². The van der Waals surface area contributed by atoms with Crippen LogP contribution in [0.4, 0.5) is 0 Å². The number of ketones is 1. The molecule has 0 aromatic heterocycles. The van der Waals surface area contributed by atoms with E-state index in [1.54, 1.807) is 12.2 Å². The first kappa shape index (κ1) is 59.4. The van der Waals surface area contributed by atoms with E-state index in [0.29, 0.717) is 51.4 Å². The molecule has 0 spiro atoms. The van der Waals surface area contributed by atoms with Crippen molar-refractivity contribution in [2.45, 2.75) is 173 Å². The van der Waals surface area contributed by atoms with Crippen LogP contribution in [0.2, 0.25) is 0 Å². The van der Waals surface area contributed by atoms with Crippen LogP contribution in [-0.2, 0) is 46.6 Å². The summed E-state index contributed by atoms with van der Waals surface area (Å²) in [5, 5.41) is 30.6. The summed E-state index contributed by atoms with van der Waals surface area (Å²) in [4.78, 5) is 65.5. The number of aliphatic hydroxyl groups is 3. The van der Waals surface area contributed by atoms with Gasteiger partial charge in [0.2, 0.25) is 0 Å². The average Bonchev–Trinajstić information content (AvgIpc) is 3.51. The molecular formula is C46H78O16P2. The van der Waals surface area contributed by atoms with Crippen molar-refractivity contribution in [2.24, 2.45) is 11.8 Å². The number of rotatable bonds is 39. The Hall–Kier alpha value is -2.59. The lowest BCUT2D eigenvalue weighted by Crippen LogP contribution is -2.30. The Bertz CT molecular complexity index is 1520. The van der Waals surface area contributed by atoms with Crippen LogP contribution >= 0.6 is 15.6 Å². The van der Waals surface area contributed by atoms with Crippen molar-refractivity contribution in [1.82, 2.24) is 0 Å². The third kappa shape index (κ3) is 33.0. The second-order valence-electron chi connectivity index (χ2n) is 16.1. The van der Waals surface area contributed by atoms with Crippen LogP contribution in [0.1, 0.15) is 149 Å². The maximum atomic E-state index is 12.8. The maximum Gasteiger partial charge on any atom is 0.472 e. The molecule has 0 bridgehead atoms. The normalized spacial score (nSPS) is 19.7. The summed E-state index contributed by atoms with van der Waals surface area (Å²) in [6.45, 7) is 1.29. The molecule has 0 aromatic rings. The Labute approximate surface area is 381 Å². The monoisotopic (exact) mass is 948 g/mol. The van der Waals surface area contributed by atoms with E-state index in [0.717, 1.165) is 44.9 Å². The van der Waals surface area contributed by atoms with E-state index in [1.165, 1.54) is 19.3 Å². The molecule has 0 aliphatic heterocycles. The fourth-order valence-electron chi connectivity index (χ4n) is 6.71. The molecule has 1 saturated carbocycles. The summed E-state index contributed by atoms with van der Waals surface area (Å²) in [5.74, 6) is -2.00. The van der Waals surface area contributed by atoms with Crippen LogP contribution in [0, 0.1) is 11.8 Å². The van der Waals surface area contributed by atoms with E-state index in [-0.39, 0.29) is 31.0 Å². The number of phosphoric ester groups is 2. The number of Topliss-reactive ketones (excluding diaryl/α,β-unsaturated/α-hetero) is 1. The molecule has 0 heterocycles. The molecule has 18 heteroatoms. The topological polar surface area (TPSA) is 253 Å². The lowest BCUT2D eigenvalue weighted by molar-refractivity contribution is -0.161. The van der Waals surface area contributed by atoms with Crippen molar-refractivity contribution in [2.75, 3.05) is 26.4 Å².